The van der Waals surface area contributed by atoms with Crippen molar-refractivity contribution in [2.45, 2.75) is 38.9 Å². The van der Waals surface area contributed by atoms with Gasteiger partial charge in [0.15, 0.2) is 0 Å². The third-order valence-corrected chi connectivity index (χ3v) is 2.04. The summed E-state index contributed by atoms with van der Waals surface area (Å²) in [5.74, 6) is 1.59. The van der Waals surface area contributed by atoms with Crippen LogP contribution in [-0.4, -0.2) is 21.6 Å². The molecule has 0 aliphatic heterocycles. The molecular formula is C9H21BO. The molecule has 0 aromatic rings. The summed E-state index contributed by atoms with van der Waals surface area (Å²) in [5.41, 5.74) is 0. The van der Waals surface area contributed by atoms with Gasteiger partial charge in [-0.3, -0.25) is 0 Å². The summed E-state index contributed by atoms with van der Waals surface area (Å²) < 4.78 is 5.08. The first-order chi connectivity index (χ1) is 5.20. The highest BCUT2D eigenvalue weighted by molar-refractivity contribution is 6.11. The second kappa shape index (κ2) is 6.72. The standard InChI is InChI=1S/C9H21BO/c1-4-5-9(10)6-8(2)7-11-3/h8-9H,4-7,10H2,1-3H3. The molecule has 0 aliphatic carbocycles. The lowest BCUT2D eigenvalue weighted by Gasteiger charge is -2.15. The first kappa shape index (κ1) is 11.0. The Bertz CT molecular complexity index is 75.6. The average molecular weight is 156 g/mol. The lowest BCUT2D eigenvalue weighted by atomic mass is 9.77. The van der Waals surface area contributed by atoms with Crippen LogP contribution >= 0.6 is 0 Å². The van der Waals surface area contributed by atoms with Gasteiger partial charge in [0, 0.05) is 13.7 Å². The molecule has 0 aliphatic rings. The predicted octanol–water partition coefficient (Wildman–Crippen LogP) is 1.88. The Morgan fingerprint density at radius 3 is 2.55 bits per heavy atom. The fourth-order valence-electron chi connectivity index (χ4n) is 1.65. The Balaban J connectivity index is 3.32. The third kappa shape index (κ3) is 6.42. The quantitative estimate of drug-likeness (QED) is 0.533. The molecule has 2 heteroatoms. The molecule has 0 aromatic carbocycles. The number of rotatable bonds is 6. The Hall–Kier alpha value is 0.0249. The van der Waals surface area contributed by atoms with Crippen LogP contribution in [0.25, 0.3) is 0 Å². The summed E-state index contributed by atoms with van der Waals surface area (Å²) in [7, 11) is 4.11. The summed E-state index contributed by atoms with van der Waals surface area (Å²) in [5, 5.41) is 0. The molecule has 0 spiro atoms. The molecule has 0 radical (unpaired) electrons. The molecule has 0 fully saturated rings. The molecule has 0 N–H and O–H groups in total. The van der Waals surface area contributed by atoms with Crippen LogP contribution in [0.15, 0.2) is 0 Å². The van der Waals surface area contributed by atoms with Gasteiger partial charge in [0.25, 0.3) is 0 Å². The molecule has 2 unspecified atom stereocenters. The van der Waals surface area contributed by atoms with Gasteiger partial charge < -0.3 is 4.74 Å². The zero-order valence-electron chi connectivity index (χ0n) is 8.39. The minimum Gasteiger partial charge on any atom is -0.384 e. The average Bonchev–Trinajstić information content (AvgIpc) is 1.87. The predicted molar refractivity (Wildman–Crippen MR) is 52.9 cm³/mol. The van der Waals surface area contributed by atoms with Gasteiger partial charge in [-0.1, -0.05) is 38.9 Å². The van der Waals surface area contributed by atoms with Crippen LogP contribution in [0.5, 0.6) is 0 Å². The molecule has 11 heavy (non-hydrogen) atoms. The Labute approximate surface area is 71.9 Å². The molecule has 0 bridgehead atoms. The zero-order chi connectivity index (χ0) is 8.69. The van der Waals surface area contributed by atoms with E-state index in [1.54, 1.807) is 7.11 Å². The van der Waals surface area contributed by atoms with Gasteiger partial charge in [-0.2, -0.15) is 0 Å². The monoisotopic (exact) mass is 156 g/mol. The van der Waals surface area contributed by atoms with E-state index in [0.717, 1.165) is 18.3 Å². The molecule has 0 amide bonds. The molecule has 0 saturated heterocycles. The van der Waals surface area contributed by atoms with Gasteiger partial charge in [-0.25, -0.2) is 0 Å². The first-order valence-electron chi connectivity index (χ1n) is 4.69. The van der Waals surface area contributed by atoms with E-state index in [-0.39, 0.29) is 0 Å². The molecule has 0 heterocycles. The molecule has 66 valence electrons. The maximum Gasteiger partial charge on any atom is 0.105 e. The van der Waals surface area contributed by atoms with Gasteiger partial charge in [0.05, 0.1) is 0 Å². The van der Waals surface area contributed by atoms with E-state index in [1.165, 1.54) is 19.3 Å². The van der Waals surface area contributed by atoms with Crippen molar-refractivity contribution in [3.05, 3.63) is 0 Å². The van der Waals surface area contributed by atoms with Gasteiger partial charge in [-0.15, -0.1) is 0 Å². The summed E-state index contributed by atoms with van der Waals surface area (Å²) in [4.78, 5) is 0. The Morgan fingerprint density at radius 2 is 2.09 bits per heavy atom. The van der Waals surface area contributed by atoms with Crippen LogP contribution in [0, 0.1) is 5.92 Å². The number of methoxy groups -OCH3 is 1. The van der Waals surface area contributed by atoms with E-state index in [2.05, 4.69) is 21.7 Å². The molecule has 2 atom stereocenters. The molecule has 0 rings (SSSR count). The fourth-order valence-corrected chi connectivity index (χ4v) is 1.65. The van der Waals surface area contributed by atoms with Crippen molar-refractivity contribution in [1.29, 1.82) is 0 Å². The smallest absolute Gasteiger partial charge is 0.105 e. The number of hydrogen-bond donors (Lipinski definition) is 0. The van der Waals surface area contributed by atoms with E-state index in [9.17, 15) is 0 Å². The lowest BCUT2D eigenvalue weighted by molar-refractivity contribution is 0.154. The van der Waals surface area contributed by atoms with E-state index in [1.807, 2.05) is 0 Å². The van der Waals surface area contributed by atoms with E-state index < -0.39 is 0 Å². The summed E-state index contributed by atoms with van der Waals surface area (Å²) in [6, 6.07) is 0. The lowest BCUT2D eigenvalue weighted by Crippen LogP contribution is -2.07. The van der Waals surface area contributed by atoms with Crippen LogP contribution in [0.3, 0.4) is 0 Å². The molecular weight excluding hydrogens is 135 g/mol. The van der Waals surface area contributed by atoms with Crippen molar-refractivity contribution in [2.24, 2.45) is 5.92 Å². The molecule has 0 aromatic heterocycles. The summed E-state index contributed by atoms with van der Waals surface area (Å²) in [6.45, 7) is 5.42. The Kier molecular flexibility index (Phi) is 6.73. The largest absolute Gasteiger partial charge is 0.384 e. The van der Waals surface area contributed by atoms with Gasteiger partial charge >= 0.3 is 0 Å². The first-order valence-corrected chi connectivity index (χ1v) is 4.69. The highest BCUT2D eigenvalue weighted by Gasteiger charge is 2.06. The molecule has 0 saturated carbocycles. The highest BCUT2D eigenvalue weighted by Crippen LogP contribution is 2.19. The van der Waals surface area contributed by atoms with Crippen molar-refractivity contribution in [1.82, 2.24) is 0 Å². The second-order valence-electron chi connectivity index (χ2n) is 3.69. The summed E-state index contributed by atoms with van der Waals surface area (Å²) in [6.07, 6.45) is 3.97. The normalized spacial score (nSPS) is 16.3. The van der Waals surface area contributed by atoms with Crippen LogP contribution in [0.2, 0.25) is 5.82 Å². The van der Waals surface area contributed by atoms with Crippen LogP contribution in [-0.2, 0) is 4.74 Å². The number of ether oxygens (including phenoxy) is 1. The maximum atomic E-state index is 5.08. The fraction of sp³-hybridized carbons (Fsp3) is 1.00. The van der Waals surface area contributed by atoms with Crippen molar-refractivity contribution < 1.29 is 4.74 Å². The van der Waals surface area contributed by atoms with E-state index >= 15 is 0 Å². The SMILES string of the molecule is BC(CCC)CC(C)COC. The zero-order valence-corrected chi connectivity index (χ0v) is 8.39. The van der Waals surface area contributed by atoms with Gasteiger partial charge in [0.2, 0.25) is 0 Å². The van der Waals surface area contributed by atoms with Crippen molar-refractivity contribution >= 4 is 7.85 Å². The Morgan fingerprint density at radius 1 is 1.45 bits per heavy atom. The van der Waals surface area contributed by atoms with Crippen LogP contribution in [0.4, 0.5) is 0 Å². The maximum absolute atomic E-state index is 5.08. The molecule has 1 nitrogen and oxygen atoms in total. The van der Waals surface area contributed by atoms with Crippen molar-refractivity contribution in [2.75, 3.05) is 13.7 Å². The third-order valence-electron chi connectivity index (χ3n) is 2.04. The highest BCUT2D eigenvalue weighted by atomic mass is 16.5. The van der Waals surface area contributed by atoms with E-state index in [4.69, 9.17) is 4.74 Å². The minimum absolute atomic E-state index is 0.724. The van der Waals surface area contributed by atoms with E-state index in [0.29, 0.717) is 0 Å². The van der Waals surface area contributed by atoms with Crippen molar-refractivity contribution in [3.8, 4) is 0 Å². The second-order valence-corrected chi connectivity index (χ2v) is 3.69. The van der Waals surface area contributed by atoms with Crippen molar-refractivity contribution in [3.63, 3.8) is 0 Å². The summed E-state index contributed by atoms with van der Waals surface area (Å²) >= 11 is 0. The number of hydrogen-bond acceptors (Lipinski definition) is 1. The van der Waals surface area contributed by atoms with Crippen LogP contribution < -0.4 is 0 Å². The van der Waals surface area contributed by atoms with Crippen LogP contribution in [0.1, 0.15) is 33.1 Å². The van der Waals surface area contributed by atoms with Gasteiger partial charge in [-0.05, 0) is 5.92 Å². The van der Waals surface area contributed by atoms with Gasteiger partial charge in [0.1, 0.15) is 7.85 Å². The topological polar surface area (TPSA) is 9.23 Å². The minimum atomic E-state index is 0.724.